The summed E-state index contributed by atoms with van der Waals surface area (Å²) in [6, 6.07) is 0. The maximum Gasteiger partial charge on any atom is 0.337 e. The Balaban J connectivity index is 4.71. The van der Waals surface area contributed by atoms with E-state index in [1.165, 1.54) is 25.5 Å². The van der Waals surface area contributed by atoms with Crippen molar-refractivity contribution in [1.29, 1.82) is 0 Å². The van der Waals surface area contributed by atoms with E-state index in [0.29, 0.717) is 30.4 Å². The molecule has 0 aromatic heterocycles. The van der Waals surface area contributed by atoms with E-state index in [1.54, 1.807) is 0 Å². The average Bonchev–Trinajstić information content (AvgIpc) is 2.63. The average molecular weight is 357 g/mol. The van der Waals surface area contributed by atoms with Gasteiger partial charge < -0.3 is 14.6 Å². The molecule has 4 heteroatoms. The summed E-state index contributed by atoms with van der Waals surface area (Å²) in [6.45, 7) is 9.31. The van der Waals surface area contributed by atoms with Crippen LogP contribution in [0.3, 0.4) is 0 Å². The number of hydrogen-bond acceptors (Lipinski definition) is 4. The van der Waals surface area contributed by atoms with Gasteiger partial charge in [0.05, 0.1) is 25.0 Å². The molecule has 0 spiro atoms. The van der Waals surface area contributed by atoms with Crippen molar-refractivity contribution in [2.45, 2.75) is 85.5 Å². The molecule has 0 aliphatic rings. The standard InChI is InChI=1S/C21H40O4/c1-5-9-11-18(7-3)15-20(17-24-14-13-22)21(23)25-16-19(8-4)12-10-6-2/h17-19,22H,5-16H2,1-4H3. The first-order valence-corrected chi connectivity index (χ1v) is 10.2. The Bertz CT molecular complexity index is 352. The molecule has 0 aromatic carbocycles. The molecule has 0 amide bonds. The number of hydrogen-bond donors (Lipinski definition) is 1. The fourth-order valence-electron chi connectivity index (χ4n) is 2.83. The van der Waals surface area contributed by atoms with E-state index >= 15 is 0 Å². The smallest absolute Gasteiger partial charge is 0.337 e. The van der Waals surface area contributed by atoms with Crippen LogP contribution in [0.5, 0.6) is 0 Å². The summed E-state index contributed by atoms with van der Waals surface area (Å²) >= 11 is 0. The molecule has 0 radical (unpaired) electrons. The number of carbonyl (C=O) groups excluding carboxylic acids is 1. The third-order valence-corrected chi connectivity index (χ3v) is 4.74. The minimum absolute atomic E-state index is 0.0548. The molecule has 0 saturated heterocycles. The fourth-order valence-corrected chi connectivity index (χ4v) is 2.83. The Morgan fingerprint density at radius 3 is 2.12 bits per heavy atom. The minimum Gasteiger partial charge on any atom is -0.498 e. The van der Waals surface area contributed by atoms with Crippen LogP contribution in [0.25, 0.3) is 0 Å². The predicted molar refractivity (Wildman–Crippen MR) is 103 cm³/mol. The van der Waals surface area contributed by atoms with Crippen molar-refractivity contribution in [3.05, 3.63) is 11.8 Å². The van der Waals surface area contributed by atoms with Crippen LogP contribution in [0.2, 0.25) is 0 Å². The molecule has 0 aromatic rings. The molecule has 2 unspecified atom stereocenters. The topological polar surface area (TPSA) is 55.8 Å². The highest BCUT2D eigenvalue weighted by Crippen LogP contribution is 2.23. The largest absolute Gasteiger partial charge is 0.498 e. The van der Waals surface area contributed by atoms with Gasteiger partial charge in [-0.1, -0.05) is 72.6 Å². The van der Waals surface area contributed by atoms with Crippen molar-refractivity contribution in [2.75, 3.05) is 19.8 Å². The van der Waals surface area contributed by atoms with Crippen LogP contribution in [0.15, 0.2) is 11.8 Å². The number of ether oxygens (including phenoxy) is 2. The summed E-state index contributed by atoms with van der Waals surface area (Å²) in [4.78, 5) is 12.5. The highest BCUT2D eigenvalue weighted by molar-refractivity contribution is 5.88. The molecule has 0 aliphatic heterocycles. The molecule has 0 rings (SSSR count). The zero-order valence-corrected chi connectivity index (χ0v) is 16.9. The molecule has 2 atom stereocenters. The van der Waals surface area contributed by atoms with Gasteiger partial charge in [0, 0.05) is 0 Å². The lowest BCUT2D eigenvalue weighted by atomic mass is 9.92. The Morgan fingerprint density at radius 2 is 1.60 bits per heavy atom. The van der Waals surface area contributed by atoms with Gasteiger partial charge in [-0.2, -0.15) is 0 Å². The SMILES string of the molecule is CCCCC(CC)COC(=O)C(=COCCO)CC(CC)CCCC. The number of aliphatic hydroxyl groups excluding tert-OH is 1. The van der Waals surface area contributed by atoms with Gasteiger partial charge in [0.25, 0.3) is 0 Å². The molecule has 0 fully saturated rings. The van der Waals surface area contributed by atoms with E-state index in [2.05, 4.69) is 27.7 Å². The molecular weight excluding hydrogens is 316 g/mol. The molecule has 0 saturated carbocycles. The lowest BCUT2D eigenvalue weighted by Gasteiger charge is -2.18. The Labute approximate surface area is 155 Å². The van der Waals surface area contributed by atoms with Crippen molar-refractivity contribution < 1.29 is 19.4 Å². The van der Waals surface area contributed by atoms with Crippen molar-refractivity contribution in [2.24, 2.45) is 11.8 Å². The third kappa shape index (κ3) is 12.0. The third-order valence-electron chi connectivity index (χ3n) is 4.74. The van der Waals surface area contributed by atoms with E-state index in [9.17, 15) is 4.79 Å². The van der Waals surface area contributed by atoms with Crippen molar-refractivity contribution >= 4 is 5.97 Å². The fraction of sp³-hybridized carbons (Fsp3) is 0.857. The number of esters is 1. The number of aliphatic hydroxyl groups is 1. The van der Waals surface area contributed by atoms with E-state index in [0.717, 1.165) is 32.1 Å². The van der Waals surface area contributed by atoms with Gasteiger partial charge in [-0.15, -0.1) is 0 Å². The second-order valence-corrected chi connectivity index (χ2v) is 6.87. The molecule has 0 bridgehead atoms. The summed E-state index contributed by atoms with van der Waals surface area (Å²) in [7, 11) is 0. The predicted octanol–water partition coefficient (Wildman–Crippen LogP) is 5.25. The van der Waals surface area contributed by atoms with Gasteiger partial charge in [-0.3, -0.25) is 0 Å². The summed E-state index contributed by atoms with van der Waals surface area (Å²) in [6.07, 6.45) is 11.2. The first-order chi connectivity index (χ1) is 12.1. The zero-order valence-electron chi connectivity index (χ0n) is 16.9. The molecular formula is C21H40O4. The van der Waals surface area contributed by atoms with Crippen LogP contribution >= 0.6 is 0 Å². The van der Waals surface area contributed by atoms with Gasteiger partial charge in [0.2, 0.25) is 0 Å². The van der Waals surface area contributed by atoms with Crippen LogP contribution in [-0.2, 0) is 14.3 Å². The highest BCUT2D eigenvalue weighted by atomic mass is 16.5. The van der Waals surface area contributed by atoms with Gasteiger partial charge >= 0.3 is 5.97 Å². The molecule has 4 nitrogen and oxygen atoms in total. The van der Waals surface area contributed by atoms with Crippen LogP contribution < -0.4 is 0 Å². The van der Waals surface area contributed by atoms with Gasteiger partial charge in [-0.05, 0) is 24.7 Å². The summed E-state index contributed by atoms with van der Waals surface area (Å²) in [5.74, 6) is 0.645. The quantitative estimate of drug-likeness (QED) is 0.178. The second-order valence-electron chi connectivity index (χ2n) is 6.87. The lowest BCUT2D eigenvalue weighted by Crippen LogP contribution is -2.17. The van der Waals surface area contributed by atoms with Crippen molar-refractivity contribution in [3.63, 3.8) is 0 Å². The molecule has 0 aliphatic carbocycles. The summed E-state index contributed by atoms with van der Waals surface area (Å²) in [5, 5.41) is 8.88. The van der Waals surface area contributed by atoms with Crippen LogP contribution in [0, 0.1) is 11.8 Å². The maximum absolute atomic E-state index is 12.5. The lowest BCUT2D eigenvalue weighted by molar-refractivity contribution is -0.141. The Morgan fingerprint density at radius 1 is 1.00 bits per heavy atom. The van der Waals surface area contributed by atoms with Crippen molar-refractivity contribution in [3.8, 4) is 0 Å². The number of carbonyl (C=O) groups is 1. The van der Waals surface area contributed by atoms with Gasteiger partial charge in [0.1, 0.15) is 6.61 Å². The summed E-state index contributed by atoms with van der Waals surface area (Å²) in [5.41, 5.74) is 0.599. The Kier molecular flexibility index (Phi) is 15.8. The van der Waals surface area contributed by atoms with Gasteiger partial charge in [-0.25, -0.2) is 4.79 Å². The molecule has 0 heterocycles. The molecule has 25 heavy (non-hydrogen) atoms. The normalized spacial score (nSPS) is 14.2. The first-order valence-electron chi connectivity index (χ1n) is 10.2. The monoisotopic (exact) mass is 356 g/mol. The Hall–Kier alpha value is -1.03. The molecule has 1 N–H and O–H groups in total. The van der Waals surface area contributed by atoms with Gasteiger partial charge in [0.15, 0.2) is 0 Å². The van der Waals surface area contributed by atoms with Crippen LogP contribution in [0.1, 0.15) is 85.5 Å². The minimum atomic E-state index is -0.261. The van der Waals surface area contributed by atoms with E-state index < -0.39 is 0 Å². The number of unbranched alkanes of at least 4 members (excludes halogenated alkanes) is 2. The van der Waals surface area contributed by atoms with Crippen LogP contribution in [-0.4, -0.2) is 30.9 Å². The van der Waals surface area contributed by atoms with Crippen molar-refractivity contribution in [1.82, 2.24) is 0 Å². The zero-order chi connectivity index (χ0) is 18.9. The second kappa shape index (κ2) is 16.4. The maximum atomic E-state index is 12.5. The number of rotatable bonds is 16. The summed E-state index contributed by atoms with van der Waals surface area (Å²) < 4.78 is 10.9. The van der Waals surface area contributed by atoms with Crippen LogP contribution in [0.4, 0.5) is 0 Å². The highest BCUT2D eigenvalue weighted by Gasteiger charge is 2.18. The van der Waals surface area contributed by atoms with E-state index in [4.69, 9.17) is 14.6 Å². The van der Waals surface area contributed by atoms with E-state index in [1.807, 2.05) is 0 Å². The van der Waals surface area contributed by atoms with E-state index in [-0.39, 0.29) is 19.2 Å². The molecule has 148 valence electrons. The first kappa shape index (κ1) is 24.0.